The third-order valence-electron chi connectivity index (χ3n) is 4.79. The lowest BCUT2D eigenvalue weighted by atomic mass is 9.92. The van der Waals surface area contributed by atoms with Gasteiger partial charge in [-0.25, -0.2) is 0 Å². The van der Waals surface area contributed by atoms with Crippen molar-refractivity contribution in [1.82, 2.24) is 10.2 Å². The summed E-state index contributed by atoms with van der Waals surface area (Å²) in [6.45, 7) is 6.21. The Hall–Kier alpha value is -0.340. The minimum atomic E-state index is 0.732. The molecule has 1 saturated carbocycles. The van der Waals surface area contributed by atoms with Crippen molar-refractivity contribution in [2.24, 2.45) is 11.8 Å². The fourth-order valence-electron chi connectivity index (χ4n) is 3.37. The van der Waals surface area contributed by atoms with Crippen LogP contribution in [0.1, 0.15) is 39.0 Å². The van der Waals surface area contributed by atoms with E-state index in [0.29, 0.717) is 0 Å². The first kappa shape index (κ1) is 11.7. The van der Waals surface area contributed by atoms with Crippen LogP contribution in [0.5, 0.6) is 0 Å². The highest BCUT2D eigenvalue weighted by molar-refractivity contribution is 4.96. The minimum Gasteiger partial charge on any atom is -0.311 e. The molecule has 96 valence electrons. The van der Waals surface area contributed by atoms with Gasteiger partial charge in [-0.05, 0) is 50.9 Å². The molecule has 0 spiro atoms. The molecule has 3 atom stereocenters. The molecule has 0 aromatic carbocycles. The molecule has 2 heteroatoms. The van der Waals surface area contributed by atoms with Gasteiger partial charge >= 0.3 is 0 Å². The van der Waals surface area contributed by atoms with Gasteiger partial charge in [0.25, 0.3) is 0 Å². The third-order valence-corrected chi connectivity index (χ3v) is 4.79. The Morgan fingerprint density at radius 2 is 2.12 bits per heavy atom. The van der Waals surface area contributed by atoms with Crippen LogP contribution in [0.4, 0.5) is 0 Å². The van der Waals surface area contributed by atoms with Crippen molar-refractivity contribution in [2.75, 3.05) is 19.6 Å². The highest BCUT2D eigenvalue weighted by atomic mass is 15.2. The largest absolute Gasteiger partial charge is 0.311 e. The zero-order valence-electron chi connectivity index (χ0n) is 11.1. The number of hydrogen-bond donors (Lipinski definition) is 1. The normalized spacial score (nSPS) is 39.5. The zero-order valence-corrected chi connectivity index (χ0v) is 11.1. The van der Waals surface area contributed by atoms with E-state index in [9.17, 15) is 0 Å². The summed E-state index contributed by atoms with van der Waals surface area (Å²) in [7, 11) is 0. The van der Waals surface area contributed by atoms with Gasteiger partial charge in [0.1, 0.15) is 0 Å². The number of nitrogens with one attached hydrogen (secondary N) is 1. The first-order valence-corrected chi connectivity index (χ1v) is 7.45. The smallest absolute Gasteiger partial charge is 0.0224 e. The quantitative estimate of drug-likeness (QED) is 0.754. The van der Waals surface area contributed by atoms with Crippen LogP contribution in [0.3, 0.4) is 0 Å². The standard InChI is InChI=1S/C15H26N2/c1-12-9-16-15(14-7-8-14)11-17(12)10-13-5-3-2-4-6-13/h2-3,12-16H,4-11H2,1H3. The second-order valence-electron chi connectivity index (χ2n) is 6.31. The predicted octanol–water partition coefficient (Wildman–Crippen LogP) is 2.42. The Kier molecular flexibility index (Phi) is 3.53. The summed E-state index contributed by atoms with van der Waals surface area (Å²) < 4.78 is 0. The Balaban J connectivity index is 1.54. The summed E-state index contributed by atoms with van der Waals surface area (Å²) in [5.74, 6) is 1.91. The van der Waals surface area contributed by atoms with E-state index < -0.39 is 0 Å². The molecule has 3 unspecified atom stereocenters. The molecule has 2 fully saturated rings. The first-order valence-electron chi connectivity index (χ1n) is 7.45. The SMILES string of the molecule is CC1CNC(C2CC2)CN1CC1CC=CCC1. The van der Waals surface area contributed by atoms with Crippen molar-refractivity contribution in [1.29, 1.82) is 0 Å². The van der Waals surface area contributed by atoms with Gasteiger partial charge in [0, 0.05) is 31.7 Å². The molecule has 3 rings (SSSR count). The van der Waals surface area contributed by atoms with E-state index in [1.54, 1.807) is 0 Å². The van der Waals surface area contributed by atoms with Crippen LogP contribution < -0.4 is 5.32 Å². The highest BCUT2D eigenvalue weighted by Crippen LogP contribution is 2.34. The van der Waals surface area contributed by atoms with Gasteiger partial charge in [-0.15, -0.1) is 0 Å². The fourth-order valence-corrected chi connectivity index (χ4v) is 3.37. The van der Waals surface area contributed by atoms with E-state index in [1.165, 1.54) is 51.7 Å². The fraction of sp³-hybridized carbons (Fsp3) is 0.867. The molecule has 2 nitrogen and oxygen atoms in total. The summed E-state index contributed by atoms with van der Waals surface area (Å²) in [5.41, 5.74) is 0. The van der Waals surface area contributed by atoms with Gasteiger partial charge in [0.2, 0.25) is 0 Å². The molecular formula is C15H26N2. The maximum atomic E-state index is 3.74. The van der Waals surface area contributed by atoms with Gasteiger partial charge in [-0.1, -0.05) is 12.2 Å². The maximum Gasteiger partial charge on any atom is 0.0224 e. The number of rotatable bonds is 3. The number of allylic oxidation sites excluding steroid dienone is 2. The van der Waals surface area contributed by atoms with E-state index in [1.807, 2.05) is 0 Å². The Labute approximate surface area is 105 Å². The molecule has 0 bridgehead atoms. The molecule has 1 saturated heterocycles. The van der Waals surface area contributed by atoms with Crippen LogP contribution in [-0.2, 0) is 0 Å². The van der Waals surface area contributed by atoms with Crippen LogP contribution in [0.25, 0.3) is 0 Å². The van der Waals surface area contributed by atoms with Crippen molar-refractivity contribution < 1.29 is 0 Å². The van der Waals surface area contributed by atoms with Crippen molar-refractivity contribution in [2.45, 2.75) is 51.1 Å². The lowest BCUT2D eigenvalue weighted by Crippen LogP contribution is -2.57. The van der Waals surface area contributed by atoms with Gasteiger partial charge in [0.05, 0.1) is 0 Å². The first-order chi connectivity index (χ1) is 8.33. The van der Waals surface area contributed by atoms with Crippen LogP contribution >= 0.6 is 0 Å². The van der Waals surface area contributed by atoms with Gasteiger partial charge in [-0.2, -0.15) is 0 Å². The van der Waals surface area contributed by atoms with E-state index in [-0.39, 0.29) is 0 Å². The average molecular weight is 234 g/mol. The maximum absolute atomic E-state index is 3.74. The van der Waals surface area contributed by atoms with Crippen LogP contribution in [0, 0.1) is 11.8 Å². The molecule has 1 N–H and O–H groups in total. The van der Waals surface area contributed by atoms with Crippen molar-refractivity contribution in [3.05, 3.63) is 12.2 Å². The summed E-state index contributed by atoms with van der Waals surface area (Å²) in [4.78, 5) is 2.75. The van der Waals surface area contributed by atoms with Crippen LogP contribution in [0.15, 0.2) is 12.2 Å². The molecular weight excluding hydrogens is 208 g/mol. The van der Waals surface area contributed by atoms with Gasteiger partial charge < -0.3 is 5.32 Å². The number of piperazine rings is 1. The number of hydrogen-bond acceptors (Lipinski definition) is 2. The molecule has 1 heterocycles. The summed E-state index contributed by atoms with van der Waals surface area (Å²) in [6, 6.07) is 1.53. The topological polar surface area (TPSA) is 15.3 Å². The molecule has 0 amide bonds. The summed E-state index contributed by atoms with van der Waals surface area (Å²) in [5, 5.41) is 3.74. The van der Waals surface area contributed by atoms with E-state index >= 15 is 0 Å². The van der Waals surface area contributed by atoms with Crippen LogP contribution in [0.2, 0.25) is 0 Å². The van der Waals surface area contributed by atoms with Crippen molar-refractivity contribution >= 4 is 0 Å². The second-order valence-corrected chi connectivity index (χ2v) is 6.31. The Morgan fingerprint density at radius 1 is 1.24 bits per heavy atom. The molecule has 2 aliphatic carbocycles. The second kappa shape index (κ2) is 5.11. The molecule has 0 aromatic heterocycles. The van der Waals surface area contributed by atoms with Gasteiger partial charge in [-0.3, -0.25) is 4.90 Å². The van der Waals surface area contributed by atoms with Crippen molar-refractivity contribution in [3.63, 3.8) is 0 Å². The van der Waals surface area contributed by atoms with Crippen LogP contribution in [-0.4, -0.2) is 36.6 Å². The van der Waals surface area contributed by atoms with E-state index in [2.05, 4.69) is 29.3 Å². The molecule has 17 heavy (non-hydrogen) atoms. The molecule has 3 aliphatic rings. The monoisotopic (exact) mass is 234 g/mol. The Morgan fingerprint density at radius 3 is 2.82 bits per heavy atom. The molecule has 1 aliphatic heterocycles. The molecule has 0 aromatic rings. The molecule has 0 radical (unpaired) electrons. The lowest BCUT2D eigenvalue weighted by molar-refractivity contribution is 0.110. The van der Waals surface area contributed by atoms with Gasteiger partial charge in [0.15, 0.2) is 0 Å². The predicted molar refractivity (Wildman–Crippen MR) is 72.0 cm³/mol. The Bertz CT molecular complexity index is 283. The average Bonchev–Trinajstić information content (AvgIpc) is 3.17. The van der Waals surface area contributed by atoms with Crippen molar-refractivity contribution in [3.8, 4) is 0 Å². The summed E-state index contributed by atoms with van der Waals surface area (Å²) in [6.07, 6.45) is 11.7. The minimum absolute atomic E-state index is 0.732. The third kappa shape index (κ3) is 2.92. The van der Waals surface area contributed by atoms with E-state index in [4.69, 9.17) is 0 Å². The highest BCUT2D eigenvalue weighted by Gasteiger charge is 2.36. The number of nitrogens with zero attached hydrogens (tertiary/aromatic N) is 1. The lowest BCUT2D eigenvalue weighted by Gasteiger charge is -2.41. The summed E-state index contributed by atoms with van der Waals surface area (Å²) >= 11 is 0. The van der Waals surface area contributed by atoms with E-state index in [0.717, 1.165) is 23.9 Å². The zero-order chi connectivity index (χ0) is 11.7.